The van der Waals surface area contributed by atoms with Crippen molar-refractivity contribution in [3.05, 3.63) is 0 Å². The van der Waals surface area contributed by atoms with Gasteiger partial charge < -0.3 is 15.6 Å². The number of hydrogen-bond donors (Lipinski definition) is 2. The van der Waals surface area contributed by atoms with Crippen molar-refractivity contribution >= 4 is 12.1 Å². The van der Waals surface area contributed by atoms with Crippen LogP contribution in [0.5, 0.6) is 0 Å². The van der Waals surface area contributed by atoms with Gasteiger partial charge in [-0.05, 0) is 19.3 Å². The monoisotopic (exact) mass is 231 g/mol. The van der Waals surface area contributed by atoms with Crippen LogP contribution in [0.3, 0.4) is 0 Å². The fraction of sp³-hybridized carbons (Fsp3) is 0.818. The molecule has 5 heteroatoms. The maximum atomic E-state index is 10.8. The quantitative estimate of drug-likeness (QED) is 0.380. The smallest absolute Gasteiger partial charge is 0.449 e. The van der Waals surface area contributed by atoms with Gasteiger partial charge in [-0.2, -0.15) is 0 Å². The number of ether oxygens (including phenoxy) is 1. The zero-order valence-corrected chi connectivity index (χ0v) is 9.78. The van der Waals surface area contributed by atoms with Crippen LogP contribution in [-0.4, -0.2) is 23.3 Å². The van der Waals surface area contributed by atoms with E-state index in [4.69, 9.17) is 10.8 Å². The summed E-state index contributed by atoms with van der Waals surface area (Å²) in [6.07, 6.45) is 4.22. The molecule has 16 heavy (non-hydrogen) atoms. The van der Waals surface area contributed by atoms with Gasteiger partial charge in [-0.1, -0.05) is 26.2 Å². The number of carbonyl (C=O) groups excluding carboxylic acids is 1. The largest absolute Gasteiger partial charge is 0.513 e. The van der Waals surface area contributed by atoms with Crippen molar-refractivity contribution in [2.24, 2.45) is 5.73 Å². The highest BCUT2D eigenvalue weighted by Gasteiger charge is 2.08. The lowest BCUT2D eigenvalue weighted by atomic mass is 10.0. The predicted octanol–water partition coefficient (Wildman–Crippen LogP) is 2.29. The van der Waals surface area contributed by atoms with E-state index in [9.17, 15) is 9.59 Å². The van der Waals surface area contributed by atoms with E-state index < -0.39 is 12.1 Å². The number of rotatable bonds is 8. The van der Waals surface area contributed by atoms with Crippen molar-refractivity contribution in [1.82, 2.24) is 0 Å². The van der Waals surface area contributed by atoms with Gasteiger partial charge in [0.2, 0.25) is 0 Å². The molecule has 0 aromatic heterocycles. The number of esters is 1. The minimum absolute atomic E-state index is 0.146. The Labute approximate surface area is 96.0 Å². The van der Waals surface area contributed by atoms with E-state index >= 15 is 0 Å². The summed E-state index contributed by atoms with van der Waals surface area (Å²) in [4.78, 5) is 20.8. The zero-order chi connectivity index (χ0) is 12.4. The highest BCUT2D eigenvalue weighted by Crippen LogP contribution is 2.08. The third kappa shape index (κ3) is 9.45. The second-order valence-corrected chi connectivity index (χ2v) is 3.89. The molecule has 0 aromatic rings. The van der Waals surface area contributed by atoms with Gasteiger partial charge in [-0.25, -0.2) is 4.79 Å². The molecule has 1 unspecified atom stereocenters. The number of unbranched alkanes of at least 4 members (excludes halogenated alkanes) is 2. The number of nitrogens with two attached hydrogens (primary N) is 1. The third-order valence-corrected chi connectivity index (χ3v) is 2.34. The molecular formula is C11H21NO4. The van der Waals surface area contributed by atoms with E-state index in [0.717, 1.165) is 32.1 Å². The molecular weight excluding hydrogens is 210 g/mol. The van der Waals surface area contributed by atoms with Crippen molar-refractivity contribution in [3.63, 3.8) is 0 Å². The summed E-state index contributed by atoms with van der Waals surface area (Å²) in [6.45, 7) is 2.12. The molecule has 5 nitrogen and oxygen atoms in total. The highest BCUT2D eigenvalue weighted by molar-refractivity contribution is 5.80. The van der Waals surface area contributed by atoms with Crippen molar-refractivity contribution in [2.45, 2.75) is 57.9 Å². The van der Waals surface area contributed by atoms with Gasteiger partial charge in [0.15, 0.2) is 0 Å². The van der Waals surface area contributed by atoms with Gasteiger partial charge >= 0.3 is 12.1 Å². The average Bonchev–Trinajstić information content (AvgIpc) is 2.20. The Kier molecular flexibility index (Phi) is 8.52. The average molecular weight is 231 g/mol. The van der Waals surface area contributed by atoms with Crippen molar-refractivity contribution < 1.29 is 19.4 Å². The molecule has 0 rings (SSSR count). The molecule has 0 saturated heterocycles. The minimum atomic E-state index is -1.54. The van der Waals surface area contributed by atoms with Crippen molar-refractivity contribution in [1.29, 1.82) is 0 Å². The lowest BCUT2D eigenvalue weighted by Gasteiger charge is -2.09. The van der Waals surface area contributed by atoms with E-state index in [-0.39, 0.29) is 12.5 Å². The van der Waals surface area contributed by atoms with Crippen LogP contribution in [0.25, 0.3) is 0 Å². The minimum Gasteiger partial charge on any atom is -0.449 e. The number of hydrogen-bond acceptors (Lipinski definition) is 4. The van der Waals surface area contributed by atoms with Crippen LogP contribution in [-0.2, 0) is 9.53 Å². The molecule has 0 aliphatic rings. The molecule has 94 valence electrons. The fourth-order valence-electron chi connectivity index (χ4n) is 1.43. The van der Waals surface area contributed by atoms with Crippen LogP contribution < -0.4 is 5.73 Å². The maximum Gasteiger partial charge on any atom is 0.513 e. The predicted molar refractivity (Wildman–Crippen MR) is 60.1 cm³/mol. The Morgan fingerprint density at radius 3 is 2.44 bits per heavy atom. The van der Waals surface area contributed by atoms with Gasteiger partial charge in [-0.3, -0.25) is 4.79 Å². The molecule has 0 heterocycles. The summed E-state index contributed by atoms with van der Waals surface area (Å²) in [6, 6.07) is 0.190. The Morgan fingerprint density at radius 2 is 1.88 bits per heavy atom. The molecule has 1 atom stereocenters. The van der Waals surface area contributed by atoms with E-state index in [1.165, 1.54) is 0 Å². The van der Waals surface area contributed by atoms with E-state index in [2.05, 4.69) is 11.7 Å². The first-order chi connectivity index (χ1) is 7.56. The summed E-state index contributed by atoms with van der Waals surface area (Å²) in [5.41, 5.74) is 5.85. The molecule has 0 amide bonds. The van der Waals surface area contributed by atoms with Crippen LogP contribution >= 0.6 is 0 Å². The molecule has 0 spiro atoms. The Hall–Kier alpha value is -1.10. The molecule has 0 aliphatic heterocycles. The number of carboxylic acid groups (broad SMARTS) is 1. The summed E-state index contributed by atoms with van der Waals surface area (Å²) >= 11 is 0. The second-order valence-electron chi connectivity index (χ2n) is 3.89. The lowest BCUT2D eigenvalue weighted by Crippen LogP contribution is -2.19. The van der Waals surface area contributed by atoms with Crippen LogP contribution in [0, 0.1) is 0 Å². The molecule has 0 fully saturated rings. The molecule has 0 aliphatic carbocycles. The molecule has 0 aromatic carbocycles. The van der Waals surface area contributed by atoms with E-state index in [0.29, 0.717) is 6.42 Å². The molecule has 0 bridgehead atoms. The van der Waals surface area contributed by atoms with Crippen LogP contribution in [0.1, 0.15) is 51.9 Å². The normalized spacial score (nSPS) is 12.1. The topological polar surface area (TPSA) is 89.6 Å². The SMILES string of the molecule is CCCCC(N)CCCCC(=O)OC(=O)O. The summed E-state index contributed by atoms with van der Waals surface area (Å²) in [5.74, 6) is -0.686. The molecule has 0 radical (unpaired) electrons. The van der Waals surface area contributed by atoms with Crippen LogP contribution in [0.15, 0.2) is 0 Å². The van der Waals surface area contributed by atoms with Gasteiger partial charge in [0.1, 0.15) is 0 Å². The van der Waals surface area contributed by atoms with Gasteiger partial charge in [0.25, 0.3) is 0 Å². The zero-order valence-electron chi connectivity index (χ0n) is 9.78. The Bertz CT molecular complexity index is 218. The first kappa shape index (κ1) is 14.9. The first-order valence-electron chi connectivity index (χ1n) is 5.75. The Morgan fingerprint density at radius 1 is 1.25 bits per heavy atom. The first-order valence-corrected chi connectivity index (χ1v) is 5.75. The van der Waals surface area contributed by atoms with Crippen molar-refractivity contribution in [2.75, 3.05) is 0 Å². The molecule has 3 N–H and O–H groups in total. The summed E-state index contributed by atoms with van der Waals surface area (Å²) in [7, 11) is 0. The number of carbonyl (C=O) groups is 2. The Balaban J connectivity index is 3.38. The summed E-state index contributed by atoms with van der Waals surface area (Å²) in [5, 5.41) is 8.16. The lowest BCUT2D eigenvalue weighted by molar-refractivity contribution is -0.139. The fourth-order valence-corrected chi connectivity index (χ4v) is 1.43. The standard InChI is InChI=1S/C11H21NO4/c1-2-3-6-9(12)7-4-5-8-10(13)16-11(14)15/h9H,2-8,12H2,1H3,(H,14,15). The van der Waals surface area contributed by atoms with E-state index in [1.54, 1.807) is 0 Å². The van der Waals surface area contributed by atoms with Gasteiger partial charge in [-0.15, -0.1) is 0 Å². The van der Waals surface area contributed by atoms with Crippen LogP contribution in [0.4, 0.5) is 4.79 Å². The maximum absolute atomic E-state index is 10.8. The second kappa shape index (κ2) is 9.15. The van der Waals surface area contributed by atoms with E-state index in [1.807, 2.05) is 0 Å². The van der Waals surface area contributed by atoms with Crippen molar-refractivity contribution in [3.8, 4) is 0 Å². The molecule has 0 saturated carbocycles. The van der Waals surface area contributed by atoms with Crippen LogP contribution in [0.2, 0.25) is 0 Å². The highest BCUT2D eigenvalue weighted by atomic mass is 16.7. The van der Waals surface area contributed by atoms with Gasteiger partial charge in [0.05, 0.1) is 0 Å². The third-order valence-electron chi connectivity index (χ3n) is 2.34. The summed E-state index contributed by atoms with van der Waals surface area (Å²) < 4.78 is 3.97. The van der Waals surface area contributed by atoms with Gasteiger partial charge in [0, 0.05) is 12.5 Å².